The molecule has 5 nitrogen and oxygen atoms in total. The van der Waals surface area contributed by atoms with Crippen LogP contribution in [0, 0.1) is 0 Å². The molecule has 0 aliphatic carbocycles. The minimum Gasteiger partial charge on any atom is -0.494 e. The number of amides is 1. The van der Waals surface area contributed by atoms with Crippen LogP contribution in [0.2, 0.25) is 0 Å². The molecule has 0 unspecified atom stereocenters. The highest BCUT2D eigenvalue weighted by atomic mass is 32.1. The molecule has 1 aliphatic heterocycles. The quantitative estimate of drug-likeness (QED) is 0.836. The van der Waals surface area contributed by atoms with E-state index in [4.69, 9.17) is 4.74 Å². The van der Waals surface area contributed by atoms with E-state index < -0.39 is 0 Å². The maximum atomic E-state index is 12.2. The summed E-state index contributed by atoms with van der Waals surface area (Å²) in [7, 11) is 0. The van der Waals surface area contributed by atoms with E-state index in [2.05, 4.69) is 15.2 Å². The summed E-state index contributed by atoms with van der Waals surface area (Å²) in [6, 6.07) is 7.63. The molecule has 0 radical (unpaired) electrons. The monoisotopic (exact) mass is 345 g/mol. The largest absolute Gasteiger partial charge is 0.494 e. The van der Waals surface area contributed by atoms with E-state index in [0.29, 0.717) is 18.2 Å². The molecule has 0 bridgehead atoms. The van der Waals surface area contributed by atoms with Crippen LogP contribution < -0.4 is 10.1 Å². The summed E-state index contributed by atoms with van der Waals surface area (Å²) in [5.74, 6) is 0.786. The highest BCUT2D eigenvalue weighted by Gasteiger charge is 2.14. The molecule has 2 aromatic rings. The molecular formula is C18H23N3O2S. The van der Waals surface area contributed by atoms with Crippen molar-refractivity contribution in [3.8, 4) is 5.75 Å². The highest BCUT2D eigenvalue weighted by molar-refractivity contribution is 7.13. The van der Waals surface area contributed by atoms with E-state index in [0.717, 1.165) is 36.6 Å². The number of nitrogens with one attached hydrogen (secondary N) is 1. The third-order valence-corrected chi connectivity index (χ3v) is 4.79. The van der Waals surface area contributed by atoms with Gasteiger partial charge in [-0.15, -0.1) is 11.3 Å². The lowest BCUT2D eigenvalue weighted by Crippen LogP contribution is -2.18. The van der Waals surface area contributed by atoms with E-state index in [1.165, 1.54) is 24.2 Å². The second-order valence-corrected chi connectivity index (χ2v) is 6.79. The molecule has 6 heteroatoms. The van der Waals surface area contributed by atoms with E-state index in [1.54, 1.807) is 0 Å². The number of carbonyl (C=O) groups excluding carboxylic acids is 1. The van der Waals surface area contributed by atoms with E-state index in [-0.39, 0.29) is 5.91 Å². The van der Waals surface area contributed by atoms with Gasteiger partial charge in [0.25, 0.3) is 0 Å². The Morgan fingerprint density at radius 3 is 2.75 bits per heavy atom. The average molecular weight is 345 g/mol. The van der Waals surface area contributed by atoms with Crippen LogP contribution in [-0.4, -0.2) is 35.5 Å². The van der Waals surface area contributed by atoms with Gasteiger partial charge in [-0.05, 0) is 50.6 Å². The molecule has 24 heavy (non-hydrogen) atoms. The van der Waals surface area contributed by atoms with Crippen molar-refractivity contribution in [2.24, 2.45) is 0 Å². The molecule has 0 atom stereocenters. The minimum absolute atomic E-state index is 0.0405. The molecule has 1 N–H and O–H groups in total. The molecule has 1 aromatic carbocycles. The summed E-state index contributed by atoms with van der Waals surface area (Å²) >= 11 is 1.49. The molecule has 1 saturated heterocycles. The van der Waals surface area contributed by atoms with E-state index in [9.17, 15) is 4.79 Å². The number of carbonyl (C=O) groups is 1. The lowest BCUT2D eigenvalue weighted by Gasteiger charge is -2.11. The third kappa shape index (κ3) is 4.79. The van der Waals surface area contributed by atoms with Crippen molar-refractivity contribution in [3.05, 3.63) is 40.9 Å². The fourth-order valence-corrected chi connectivity index (χ4v) is 3.54. The van der Waals surface area contributed by atoms with Gasteiger partial charge in [-0.1, -0.05) is 12.1 Å². The smallest absolute Gasteiger partial charge is 0.230 e. The van der Waals surface area contributed by atoms with Gasteiger partial charge in [0.2, 0.25) is 5.91 Å². The molecular weight excluding hydrogens is 322 g/mol. The first-order valence-electron chi connectivity index (χ1n) is 8.41. The lowest BCUT2D eigenvalue weighted by atomic mass is 10.1. The summed E-state index contributed by atoms with van der Waals surface area (Å²) < 4.78 is 5.41. The highest BCUT2D eigenvalue weighted by Crippen LogP contribution is 2.19. The van der Waals surface area contributed by atoms with Gasteiger partial charge in [-0.2, -0.15) is 0 Å². The molecule has 2 heterocycles. The molecule has 128 valence electrons. The van der Waals surface area contributed by atoms with Gasteiger partial charge in [0.1, 0.15) is 5.75 Å². The first-order valence-corrected chi connectivity index (χ1v) is 9.29. The van der Waals surface area contributed by atoms with Crippen LogP contribution >= 0.6 is 11.3 Å². The number of hydrogen-bond donors (Lipinski definition) is 1. The molecule has 0 saturated carbocycles. The van der Waals surface area contributed by atoms with Crippen LogP contribution in [0.15, 0.2) is 29.6 Å². The summed E-state index contributed by atoms with van der Waals surface area (Å²) in [5, 5.41) is 5.61. The Hall–Kier alpha value is -1.92. The zero-order chi connectivity index (χ0) is 16.8. The van der Waals surface area contributed by atoms with Gasteiger partial charge < -0.3 is 10.1 Å². The van der Waals surface area contributed by atoms with Gasteiger partial charge in [0, 0.05) is 11.9 Å². The van der Waals surface area contributed by atoms with Gasteiger partial charge in [-0.3, -0.25) is 9.69 Å². The maximum absolute atomic E-state index is 12.2. The normalized spacial score (nSPS) is 14.7. The van der Waals surface area contributed by atoms with Crippen LogP contribution in [0.4, 0.5) is 5.13 Å². The SMILES string of the molecule is CCOc1ccc(CC(=O)Nc2nc(CN3CCCC3)cs2)cc1. The van der Waals surface area contributed by atoms with Crippen LogP contribution in [-0.2, 0) is 17.8 Å². The topological polar surface area (TPSA) is 54.5 Å². The number of aromatic nitrogens is 1. The first kappa shape index (κ1) is 16.9. The summed E-state index contributed by atoms with van der Waals surface area (Å²) in [4.78, 5) is 19.1. The van der Waals surface area contributed by atoms with Gasteiger partial charge in [-0.25, -0.2) is 4.98 Å². The second kappa shape index (κ2) is 8.26. The number of benzene rings is 1. The van der Waals surface area contributed by atoms with Crippen molar-refractivity contribution in [2.75, 3.05) is 25.0 Å². The number of thiazole rings is 1. The van der Waals surface area contributed by atoms with Gasteiger partial charge in [0.15, 0.2) is 5.13 Å². The maximum Gasteiger partial charge on any atom is 0.230 e. The molecule has 1 amide bonds. The summed E-state index contributed by atoms with van der Waals surface area (Å²) in [5.41, 5.74) is 2.00. The standard InChI is InChI=1S/C18H23N3O2S/c1-2-23-16-7-5-14(6-8-16)11-17(22)20-18-19-15(13-24-18)12-21-9-3-4-10-21/h5-8,13H,2-4,9-12H2,1H3,(H,19,20,22). The Labute approximate surface area is 146 Å². The number of hydrogen-bond acceptors (Lipinski definition) is 5. The molecule has 1 aliphatic rings. The molecule has 0 spiro atoms. The Kier molecular flexibility index (Phi) is 5.82. The Bertz CT molecular complexity index is 663. The van der Waals surface area contributed by atoms with E-state index >= 15 is 0 Å². The van der Waals surface area contributed by atoms with Crippen molar-refractivity contribution < 1.29 is 9.53 Å². The third-order valence-electron chi connectivity index (χ3n) is 3.98. The Morgan fingerprint density at radius 1 is 1.29 bits per heavy atom. The van der Waals surface area contributed by atoms with Crippen LogP contribution in [0.1, 0.15) is 31.0 Å². The molecule has 1 aromatic heterocycles. The average Bonchev–Trinajstić information content (AvgIpc) is 3.22. The number of anilines is 1. The van der Waals surface area contributed by atoms with Crippen LogP contribution in [0.5, 0.6) is 5.75 Å². The number of ether oxygens (including phenoxy) is 1. The lowest BCUT2D eigenvalue weighted by molar-refractivity contribution is -0.115. The number of nitrogens with zero attached hydrogens (tertiary/aromatic N) is 2. The van der Waals surface area contributed by atoms with Crippen LogP contribution in [0.3, 0.4) is 0 Å². The van der Waals surface area contributed by atoms with Crippen molar-refractivity contribution in [1.29, 1.82) is 0 Å². The second-order valence-electron chi connectivity index (χ2n) is 5.93. The van der Waals surface area contributed by atoms with Crippen molar-refractivity contribution >= 4 is 22.4 Å². The molecule has 1 fully saturated rings. The predicted molar refractivity (Wildman–Crippen MR) is 96.6 cm³/mol. The van der Waals surface area contributed by atoms with Crippen molar-refractivity contribution in [3.63, 3.8) is 0 Å². The van der Waals surface area contributed by atoms with Crippen LogP contribution in [0.25, 0.3) is 0 Å². The van der Waals surface area contributed by atoms with Gasteiger partial charge >= 0.3 is 0 Å². The summed E-state index contributed by atoms with van der Waals surface area (Å²) in [6.45, 7) is 5.77. The molecule has 3 rings (SSSR count). The Balaban J connectivity index is 1.50. The van der Waals surface area contributed by atoms with Gasteiger partial charge in [0.05, 0.1) is 18.7 Å². The predicted octanol–water partition coefficient (Wildman–Crippen LogP) is 3.32. The first-order chi connectivity index (χ1) is 11.7. The Morgan fingerprint density at radius 2 is 2.04 bits per heavy atom. The van der Waals surface area contributed by atoms with E-state index in [1.807, 2.05) is 36.6 Å². The zero-order valence-electron chi connectivity index (χ0n) is 14.0. The number of likely N-dealkylation sites (tertiary alicyclic amines) is 1. The van der Waals surface area contributed by atoms with Crippen molar-refractivity contribution in [2.45, 2.75) is 32.7 Å². The van der Waals surface area contributed by atoms with Crippen molar-refractivity contribution in [1.82, 2.24) is 9.88 Å². The summed E-state index contributed by atoms with van der Waals surface area (Å²) in [6.07, 6.45) is 2.89. The fourth-order valence-electron chi connectivity index (χ4n) is 2.83. The zero-order valence-corrected chi connectivity index (χ0v) is 14.8. The number of rotatable bonds is 7. The fraction of sp³-hybridized carbons (Fsp3) is 0.444. The minimum atomic E-state index is -0.0405.